The first-order valence-corrected chi connectivity index (χ1v) is 11.6. The Morgan fingerprint density at radius 2 is 1.97 bits per heavy atom. The van der Waals surface area contributed by atoms with Crippen molar-refractivity contribution in [1.29, 1.82) is 0 Å². The summed E-state index contributed by atoms with van der Waals surface area (Å²) in [4.78, 5) is 37.6. The van der Waals surface area contributed by atoms with E-state index in [1.165, 1.54) is 11.8 Å². The van der Waals surface area contributed by atoms with E-state index in [9.17, 15) is 14.4 Å². The van der Waals surface area contributed by atoms with Gasteiger partial charge in [0.1, 0.15) is 5.50 Å². The number of nitrogens with one attached hydrogen (secondary N) is 4. The molecule has 3 rings (SSSR count). The van der Waals surface area contributed by atoms with Gasteiger partial charge in [-0.05, 0) is 48.6 Å². The van der Waals surface area contributed by atoms with Crippen LogP contribution in [0, 0.1) is 13.8 Å². The number of carbonyl (C=O) groups excluding carboxylic acids is 3. The summed E-state index contributed by atoms with van der Waals surface area (Å²) in [5.74, 6) is -0.191. The molecule has 1 fully saturated rings. The van der Waals surface area contributed by atoms with E-state index >= 15 is 0 Å². The van der Waals surface area contributed by atoms with Crippen molar-refractivity contribution in [3.05, 3.63) is 51.7 Å². The van der Waals surface area contributed by atoms with E-state index in [0.717, 1.165) is 21.7 Å². The highest BCUT2D eigenvalue weighted by molar-refractivity contribution is 8.00. The summed E-state index contributed by atoms with van der Waals surface area (Å²) in [6, 6.07) is 9.52. The Morgan fingerprint density at radius 1 is 1.20 bits per heavy atom. The summed E-state index contributed by atoms with van der Waals surface area (Å²) in [5, 5.41) is 13.8. The van der Waals surface area contributed by atoms with Crippen molar-refractivity contribution >= 4 is 46.5 Å². The van der Waals surface area contributed by atoms with Crippen molar-refractivity contribution in [3.63, 3.8) is 0 Å². The zero-order chi connectivity index (χ0) is 21.5. The van der Waals surface area contributed by atoms with Crippen LogP contribution in [-0.2, 0) is 20.9 Å². The SMILES string of the molecule is Cc1cc(C)cc(NC(=O)CSC2NC(=O)CC(CC(=O)NCc3cccs3)N2)c1. The van der Waals surface area contributed by atoms with Crippen molar-refractivity contribution in [1.82, 2.24) is 16.0 Å². The molecule has 2 unspecified atom stereocenters. The van der Waals surface area contributed by atoms with Crippen LogP contribution in [0.4, 0.5) is 5.69 Å². The number of hydrogen-bond acceptors (Lipinski definition) is 6. The maximum Gasteiger partial charge on any atom is 0.234 e. The van der Waals surface area contributed by atoms with Crippen molar-refractivity contribution in [2.75, 3.05) is 11.1 Å². The van der Waals surface area contributed by atoms with E-state index < -0.39 is 5.50 Å². The van der Waals surface area contributed by atoms with Gasteiger partial charge in [-0.2, -0.15) is 0 Å². The van der Waals surface area contributed by atoms with E-state index in [-0.39, 0.29) is 42.4 Å². The highest BCUT2D eigenvalue weighted by Crippen LogP contribution is 2.17. The molecule has 0 aliphatic carbocycles. The number of aryl methyl sites for hydroxylation is 2. The van der Waals surface area contributed by atoms with Gasteiger partial charge in [0.2, 0.25) is 17.7 Å². The Morgan fingerprint density at radius 3 is 2.67 bits per heavy atom. The number of rotatable bonds is 8. The molecule has 9 heteroatoms. The second-order valence-corrected chi connectivity index (χ2v) is 9.44. The van der Waals surface area contributed by atoms with Crippen LogP contribution >= 0.6 is 23.1 Å². The smallest absolute Gasteiger partial charge is 0.234 e. The summed E-state index contributed by atoms with van der Waals surface area (Å²) in [6.07, 6.45) is 0.447. The standard InChI is InChI=1S/C21H26N4O3S2/c1-13-6-14(2)8-15(7-13)23-20(28)12-30-21-24-16(10-19(27)25-21)9-18(26)22-11-17-4-3-5-29-17/h3-8,16,21,24H,9-12H2,1-2H3,(H,22,26)(H,23,28)(H,25,27). The van der Waals surface area contributed by atoms with E-state index in [1.807, 2.05) is 49.6 Å². The molecule has 1 aromatic heterocycles. The molecule has 0 spiro atoms. The molecule has 0 saturated carbocycles. The van der Waals surface area contributed by atoms with E-state index in [0.29, 0.717) is 6.54 Å². The number of benzene rings is 1. The summed E-state index contributed by atoms with van der Waals surface area (Å²) in [6.45, 7) is 4.46. The van der Waals surface area contributed by atoms with Crippen LogP contribution in [0.3, 0.4) is 0 Å². The molecule has 7 nitrogen and oxygen atoms in total. The first-order valence-electron chi connectivity index (χ1n) is 9.71. The van der Waals surface area contributed by atoms with Crippen molar-refractivity contribution < 1.29 is 14.4 Å². The Bertz CT molecular complexity index is 881. The number of thioether (sulfide) groups is 1. The van der Waals surface area contributed by atoms with E-state index in [2.05, 4.69) is 21.3 Å². The highest BCUT2D eigenvalue weighted by atomic mass is 32.2. The van der Waals surface area contributed by atoms with Crippen LogP contribution in [0.2, 0.25) is 0 Å². The van der Waals surface area contributed by atoms with Crippen LogP contribution in [-0.4, -0.2) is 35.0 Å². The number of anilines is 1. The molecule has 3 amide bonds. The predicted molar refractivity (Wildman–Crippen MR) is 121 cm³/mol. The third-order valence-electron chi connectivity index (χ3n) is 4.47. The lowest BCUT2D eigenvalue weighted by Crippen LogP contribution is -2.56. The van der Waals surface area contributed by atoms with Gasteiger partial charge in [0.15, 0.2) is 0 Å². The lowest BCUT2D eigenvalue weighted by Gasteiger charge is -2.30. The number of thiophene rings is 1. The Balaban J connectivity index is 1.43. The normalized spacial score (nSPS) is 18.5. The molecule has 4 N–H and O–H groups in total. The average Bonchev–Trinajstić information content (AvgIpc) is 3.17. The molecule has 1 aliphatic rings. The van der Waals surface area contributed by atoms with Gasteiger partial charge >= 0.3 is 0 Å². The lowest BCUT2D eigenvalue weighted by molar-refractivity contribution is -0.125. The predicted octanol–water partition coefficient (Wildman–Crippen LogP) is 2.50. The lowest BCUT2D eigenvalue weighted by atomic mass is 10.1. The molecule has 30 heavy (non-hydrogen) atoms. The van der Waals surface area contributed by atoms with Gasteiger partial charge in [-0.3, -0.25) is 19.7 Å². The van der Waals surface area contributed by atoms with Gasteiger partial charge in [0, 0.05) is 29.4 Å². The monoisotopic (exact) mass is 446 g/mol. The fourth-order valence-electron chi connectivity index (χ4n) is 3.26. The molecule has 0 bridgehead atoms. The summed E-state index contributed by atoms with van der Waals surface area (Å²) in [7, 11) is 0. The largest absolute Gasteiger partial charge is 0.351 e. The minimum atomic E-state index is -0.411. The molecule has 1 saturated heterocycles. The van der Waals surface area contributed by atoms with Gasteiger partial charge in [0.05, 0.1) is 12.3 Å². The van der Waals surface area contributed by atoms with Crippen molar-refractivity contribution in [2.24, 2.45) is 0 Å². The van der Waals surface area contributed by atoms with Gasteiger partial charge < -0.3 is 16.0 Å². The Hall–Kier alpha value is -2.36. The second-order valence-electron chi connectivity index (χ2n) is 7.31. The fourth-order valence-corrected chi connectivity index (χ4v) is 4.80. The summed E-state index contributed by atoms with van der Waals surface area (Å²) in [5.41, 5.74) is 2.52. The first-order chi connectivity index (χ1) is 14.4. The maximum atomic E-state index is 12.3. The van der Waals surface area contributed by atoms with Crippen LogP contribution in [0.15, 0.2) is 35.7 Å². The highest BCUT2D eigenvalue weighted by Gasteiger charge is 2.28. The molecule has 1 aromatic carbocycles. The topological polar surface area (TPSA) is 99.3 Å². The quantitative estimate of drug-likeness (QED) is 0.499. The number of amides is 3. The minimum Gasteiger partial charge on any atom is -0.351 e. The zero-order valence-corrected chi connectivity index (χ0v) is 18.6. The molecule has 2 aromatic rings. The minimum absolute atomic E-state index is 0.105. The van der Waals surface area contributed by atoms with E-state index in [1.54, 1.807) is 11.3 Å². The number of carbonyl (C=O) groups is 3. The van der Waals surface area contributed by atoms with Gasteiger partial charge in [-0.1, -0.05) is 12.1 Å². The maximum absolute atomic E-state index is 12.3. The third-order valence-corrected chi connectivity index (χ3v) is 6.36. The zero-order valence-electron chi connectivity index (χ0n) is 17.0. The van der Waals surface area contributed by atoms with E-state index in [4.69, 9.17) is 0 Å². The fraction of sp³-hybridized carbons (Fsp3) is 0.381. The molecule has 1 aliphatic heterocycles. The molecule has 160 valence electrons. The Labute approximate surface area is 184 Å². The molecule has 2 heterocycles. The van der Waals surface area contributed by atoms with Crippen LogP contribution in [0.5, 0.6) is 0 Å². The molecular formula is C21H26N4O3S2. The van der Waals surface area contributed by atoms with Crippen molar-refractivity contribution in [2.45, 2.75) is 44.8 Å². The summed E-state index contributed by atoms with van der Waals surface area (Å²) < 4.78 is 0. The number of hydrogen-bond donors (Lipinski definition) is 4. The van der Waals surface area contributed by atoms with Crippen LogP contribution in [0.1, 0.15) is 28.8 Å². The second kappa shape index (κ2) is 10.6. The van der Waals surface area contributed by atoms with Gasteiger partial charge in [-0.25, -0.2) is 0 Å². The average molecular weight is 447 g/mol. The first kappa shape index (κ1) is 22.3. The molecule has 2 atom stereocenters. The van der Waals surface area contributed by atoms with Crippen LogP contribution in [0.25, 0.3) is 0 Å². The van der Waals surface area contributed by atoms with Crippen molar-refractivity contribution in [3.8, 4) is 0 Å². The third kappa shape index (κ3) is 7.16. The van der Waals surface area contributed by atoms with Crippen LogP contribution < -0.4 is 21.3 Å². The van der Waals surface area contributed by atoms with Gasteiger partial charge in [-0.15, -0.1) is 23.1 Å². The molecule has 0 radical (unpaired) electrons. The molecular weight excluding hydrogens is 420 g/mol. The van der Waals surface area contributed by atoms with Gasteiger partial charge in [0.25, 0.3) is 0 Å². The Kier molecular flexibility index (Phi) is 7.89. The summed E-state index contributed by atoms with van der Waals surface area (Å²) >= 11 is 2.88.